The van der Waals surface area contributed by atoms with E-state index in [0.29, 0.717) is 11.3 Å². The second-order valence-corrected chi connectivity index (χ2v) is 10.4. The molecule has 0 saturated carbocycles. The number of nitrogens with one attached hydrogen (secondary N) is 2. The third-order valence-electron chi connectivity index (χ3n) is 5.31. The van der Waals surface area contributed by atoms with E-state index in [4.69, 9.17) is 0 Å². The van der Waals surface area contributed by atoms with Gasteiger partial charge in [-0.15, -0.1) is 22.7 Å². The van der Waals surface area contributed by atoms with E-state index < -0.39 is 0 Å². The van der Waals surface area contributed by atoms with Gasteiger partial charge in [0.05, 0.1) is 5.56 Å². The number of carbonyl (C=O) groups excluding carboxylic acids is 1. The molecule has 0 unspecified atom stereocenters. The molecule has 128 valence electrons. The van der Waals surface area contributed by atoms with Crippen molar-refractivity contribution in [2.24, 2.45) is 11.3 Å². The minimum Gasteiger partial charge on any atom is -0.352 e. The van der Waals surface area contributed by atoms with Gasteiger partial charge in [0.2, 0.25) is 0 Å². The molecule has 0 aromatic carbocycles. The van der Waals surface area contributed by atoms with E-state index in [2.05, 4.69) is 50.5 Å². The van der Waals surface area contributed by atoms with E-state index in [9.17, 15) is 4.79 Å². The van der Waals surface area contributed by atoms with E-state index in [1.54, 1.807) is 22.7 Å². The molecule has 0 saturated heterocycles. The van der Waals surface area contributed by atoms with Gasteiger partial charge in [0.1, 0.15) is 11.2 Å². The predicted molar refractivity (Wildman–Crippen MR) is 102 cm³/mol. The summed E-state index contributed by atoms with van der Waals surface area (Å²) < 4.78 is 0. The number of aryl methyl sites for hydroxylation is 1. The number of fused-ring (bicyclic) bond motifs is 3. The predicted octanol–water partition coefficient (Wildman–Crippen LogP) is 5.12. The van der Waals surface area contributed by atoms with Crippen molar-refractivity contribution in [3.05, 3.63) is 37.9 Å². The average Bonchev–Trinajstić information content (AvgIpc) is 3.08. The Morgan fingerprint density at radius 3 is 2.62 bits per heavy atom. The van der Waals surface area contributed by atoms with Crippen molar-refractivity contribution in [2.75, 3.05) is 5.32 Å². The topological polar surface area (TPSA) is 41.1 Å². The van der Waals surface area contributed by atoms with Crippen LogP contribution in [0, 0.1) is 18.3 Å². The van der Waals surface area contributed by atoms with Gasteiger partial charge in [-0.3, -0.25) is 4.79 Å². The number of amides is 1. The Hall–Kier alpha value is -1.33. The summed E-state index contributed by atoms with van der Waals surface area (Å²) in [5, 5.41) is 7.78. The van der Waals surface area contributed by atoms with Gasteiger partial charge >= 0.3 is 0 Å². The van der Waals surface area contributed by atoms with Crippen LogP contribution < -0.4 is 10.6 Å². The van der Waals surface area contributed by atoms with Crippen molar-refractivity contribution in [1.29, 1.82) is 0 Å². The minimum absolute atomic E-state index is 0.0894. The molecule has 24 heavy (non-hydrogen) atoms. The van der Waals surface area contributed by atoms with Crippen LogP contribution in [0.3, 0.4) is 0 Å². The number of rotatable bonds is 1. The summed E-state index contributed by atoms with van der Waals surface area (Å²) in [6, 6.07) is 4.21. The molecule has 0 radical (unpaired) electrons. The highest BCUT2D eigenvalue weighted by Crippen LogP contribution is 2.46. The monoisotopic (exact) mass is 360 g/mol. The average molecular weight is 361 g/mol. The van der Waals surface area contributed by atoms with E-state index in [0.717, 1.165) is 23.4 Å². The largest absolute Gasteiger partial charge is 0.352 e. The Bertz CT molecular complexity index is 797. The molecule has 2 aromatic heterocycles. The van der Waals surface area contributed by atoms with Crippen LogP contribution in [-0.4, -0.2) is 5.91 Å². The van der Waals surface area contributed by atoms with Gasteiger partial charge in [-0.05, 0) is 55.2 Å². The lowest BCUT2D eigenvalue weighted by Gasteiger charge is -2.34. The molecule has 0 fully saturated rings. The number of carbonyl (C=O) groups is 1. The maximum atomic E-state index is 12.7. The molecule has 2 atom stereocenters. The summed E-state index contributed by atoms with van der Waals surface area (Å²) in [5.41, 5.74) is 2.53. The summed E-state index contributed by atoms with van der Waals surface area (Å²) in [6.07, 6.45) is 3.22. The Balaban J connectivity index is 1.65. The SMILES string of the molecule is Cc1ccc([C@H]2NC(=O)c3c(sc4c3CC[C@H](C(C)(C)C)C4)N2)s1. The third kappa shape index (κ3) is 2.68. The molecule has 1 amide bonds. The van der Waals surface area contributed by atoms with Crippen molar-refractivity contribution in [3.63, 3.8) is 0 Å². The van der Waals surface area contributed by atoms with Gasteiger partial charge in [-0.1, -0.05) is 20.8 Å². The molecule has 5 heteroatoms. The fourth-order valence-corrected chi connectivity index (χ4v) is 6.02. The first-order valence-electron chi connectivity index (χ1n) is 8.61. The molecule has 1 aliphatic heterocycles. The lowest BCUT2D eigenvalue weighted by Crippen LogP contribution is -2.38. The quantitative estimate of drug-likeness (QED) is 0.741. The third-order valence-corrected chi connectivity index (χ3v) is 7.56. The highest BCUT2D eigenvalue weighted by atomic mass is 32.1. The molecule has 1 aliphatic carbocycles. The van der Waals surface area contributed by atoms with Crippen molar-refractivity contribution in [2.45, 2.75) is 53.1 Å². The van der Waals surface area contributed by atoms with E-state index in [-0.39, 0.29) is 12.1 Å². The molecule has 0 spiro atoms. The lowest BCUT2D eigenvalue weighted by molar-refractivity contribution is 0.0935. The summed E-state index contributed by atoms with van der Waals surface area (Å²) in [6.45, 7) is 9.09. The van der Waals surface area contributed by atoms with Gasteiger partial charge < -0.3 is 10.6 Å². The minimum atomic E-state index is -0.0952. The van der Waals surface area contributed by atoms with E-state index in [1.807, 2.05) is 0 Å². The first kappa shape index (κ1) is 16.2. The van der Waals surface area contributed by atoms with Crippen LogP contribution in [0.4, 0.5) is 5.00 Å². The Morgan fingerprint density at radius 2 is 1.96 bits per heavy atom. The van der Waals surface area contributed by atoms with Gasteiger partial charge in [0.25, 0.3) is 5.91 Å². The maximum absolute atomic E-state index is 12.7. The van der Waals surface area contributed by atoms with Gasteiger partial charge in [0.15, 0.2) is 0 Å². The second-order valence-electron chi connectivity index (χ2n) is 8.01. The Morgan fingerprint density at radius 1 is 1.17 bits per heavy atom. The molecule has 2 aliphatic rings. The lowest BCUT2D eigenvalue weighted by atomic mass is 9.72. The Kier molecular flexibility index (Phi) is 3.77. The van der Waals surface area contributed by atoms with Crippen molar-refractivity contribution in [1.82, 2.24) is 5.32 Å². The molecular weight excluding hydrogens is 336 g/mol. The maximum Gasteiger partial charge on any atom is 0.256 e. The molecule has 0 bridgehead atoms. The van der Waals surface area contributed by atoms with Crippen molar-refractivity contribution in [3.8, 4) is 0 Å². The summed E-state index contributed by atoms with van der Waals surface area (Å²) in [4.78, 5) is 16.6. The van der Waals surface area contributed by atoms with Gasteiger partial charge in [-0.2, -0.15) is 0 Å². The smallest absolute Gasteiger partial charge is 0.256 e. The standard InChI is InChI=1S/C19H24N2OS2/c1-10-5-8-13(23-10)16-20-17(22)15-12-7-6-11(19(2,3)4)9-14(12)24-18(15)21-16/h5,8,11,16,21H,6-7,9H2,1-4H3,(H,20,22)/t11-,16-/m0/s1. The zero-order valence-corrected chi connectivity index (χ0v) is 16.3. The molecule has 3 nitrogen and oxygen atoms in total. The highest BCUT2D eigenvalue weighted by Gasteiger charge is 2.36. The Labute approximate surface area is 151 Å². The van der Waals surface area contributed by atoms with Crippen LogP contribution in [0.2, 0.25) is 0 Å². The van der Waals surface area contributed by atoms with Gasteiger partial charge in [-0.25, -0.2) is 0 Å². The number of hydrogen-bond donors (Lipinski definition) is 2. The molecule has 3 heterocycles. The first-order valence-corrected chi connectivity index (χ1v) is 10.2. The zero-order valence-electron chi connectivity index (χ0n) is 14.7. The molecular formula is C19H24N2OS2. The zero-order chi connectivity index (χ0) is 17.1. The summed E-state index contributed by atoms with van der Waals surface area (Å²) >= 11 is 3.54. The van der Waals surface area contributed by atoms with Crippen molar-refractivity contribution < 1.29 is 4.79 Å². The second kappa shape index (κ2) is 5.60. The van der Waals surface area contributed by atoms with Crippen LogP contribution in [0.5, 0.6) is 0 Å². The molecule has 4 rings (SSSR count). The van der Waals surface area contributed by atoms with Crippen LogP contribution in [0.1, 0.15) is 63.9 Å². The van der Waals surface area contributed by atoms with Crippen LogP contribution in [-0.2, 0) is 12.8 Å². The number of thiophene rings is 2. The van der Waals surface area contributed by atoms with E-state index in [1.165, 1.54) is 26.6 Å². The van der Waals surface area contributed by atoms with E-state index >= 15 is 0 Å². The number of hydrogen-bond acceptors (Lipinski definition) is 4. The summed E-state index contributed by atoms with van der Waals surface area (Å²) in [7, 11) is 0. The fraction of sp³-hybridized carbons (Fsp3) is 0.526. The molecule has 2 aromatic rings. The van der Waals surface area contributed by atoms with Crippen molar-refractivity contribution >= 4 is 33.6 Å². The molecule has 2 N–H and O–H groups in total. The van der Waals surface area contributed by atoms with Crippen LogP contribution in [0.25, 0.3) is 0 Å². The summed E-state index contributed by atoms with van der Waals surface area (Å²) in [5.74, 6) is 0.787. The first-order chi connectivity index (χ1) is 11.3. The van der Waals surface area contributed by atoms with Crippen LogP contribution >= 0.6 is 22.7 Å². The van der Waals surface area contributed by atoms with Crippen LogP contribution in [0.15, 0.2) is 12.1 Å². The number of anilines is 1. The highest BCUT2D eigenvalue weighted by molar-refractivity contribution is 7.17. The normalized spacial score (nSPS) is 23.2. The fourth-order valence-electron chi connectivity index (χ4n) is 3.79. The van der Waals surface area contributed by atoms with Gasteiger partial charge in [0, 0.05) is 14.6 Å².